The highest BCUT2D eigenvalue weighted by Crippen LogP contribution is 2.25. The summed E-state index contributed by atoms with van der Waals surface area (Å²) in [6.07, 6.45) is 3.13. The molecule has 4 N–H and O–H groups in total. The summed E-state index contributed by atoms with van der Waals surface area (Å²) in [6, 6.07) is 4.02. The predicted molar refractivity (Wildman–Crippen MR) is 74.8 cm³/mol. The van der Waals surface area contributed by atoms with Gasteiger partial charge in [0.2, 0.25) is 5.11 Å². The standard InChI is InChI=1S/C11H12N4O3S/c1-2-5-12-11(19)14-13-7-8-3-4-10(16)9(6-8)15(17)18/h2-4,6-7,16H,1,5H2,(H2,12,14,19)/p+1/b13-7+. The number of nitro benzene ring substituents is 1. The Balaban J connectivity index is 2.67. The van der Waals surface area contributed by atoms with Gasteiger partial charge in [0.15, 0.2) is 12.0 Å². The first kappa shape index (κ1) is 14.6. The lowest BCUT2D eigenvalue weighted by Crippen LogP contribution is -2.82. The lowest BCUT2D eigenvalue weighted by Gasteiger charge is -1.99. The van der Waals surface area contributed by atoms with Crippen LogP contribution in [0.1, 0.15) is 5.56 Å². The largest absolute Gasteiger partial charge is 0.502 e. The molecule has 0 aliphatic carbocycles. The summed E-state index contributed by atoms with van der Waals surface area (Å²) < 4.78 is 0. The molecule has 1 aromatic carbocycles. The number of rotatable bonds is 5. The topological polar surface area (TPSA) is 101 Å². The second-order valence-corrected chi connectivity index (χ2v) is 3.83. The molecule has 7 nitrogen and oxygen atoms in total. The molecule has 0 aliphatic heterocycles. The molecule has 8 heteroatoms. The summed E-state index contributed by atoms with van der Waals surface area (Å²) in [5.74, 6) is -0.377. The monoisotopic (exact) mass is 281 g/mol. The van der Waals surface area contributed by atoms with Gasteiger partial charge in [-0.15, -0.1) is 17.1 Å². The minimum absolute atomic E-state index is 0.358. The van der Waals surface area contributed by atoms with Gasteiger partial charge in [0, 0.05) is 18.2 Å². The van der Waals surface area contributed by atoms with Gasteiger partial charge >= 0.3 is 5.69 Å². The number of phenols is 1. The Hall–Kier alpha value is -2.48. The molecule has 0 saturated heterocycles. The molecular formula is C11H13N4O3S+. The molecule has 0 heterocycles. The van der Waals surface area contributed by atoms with Gasteiger partial charge in [0.05, 0.1) is 4.92 Å². The molecule has 100 valence electrons. The molecule has 0 unspecified atom stereocenters. The molecule has 1 aromatic rings. The Morgan fingerprint density at radius 1 is 1.63 bits per heavy atom. The number of hydrogen-bond acceptors (Lipinski definition) is 4. The summed E-state index contributed by atoms with van der Waals surface area (Å²) in [5, 5.41) is 25.8. The van der Waals surface area contributed by atoms with Crippen molar-refractivity contribution in [1.82, 2.24) is 10.7 Å². The third kappa shape index (κ3) is 4.72. The second kappa shape index (κ2) is 7.07. The fraction of sp³-hybridized carbons (Fsp3) is 0.0909. The number of hydrazine groups is 1. The van der Waals surface area contributed by atoms with Crippen molar-refractivity contribution in [3.8, 4) is 5.75 Å². The Labute approximate surface area is 114 Å². The summed E-state index contributed by atoms with van der Waals surface area (Å²) in [6.45, 7) is 4.06. The van der Waals surface area contributed by atoms with Crippen LogP contribution in [0.3, 0.4) is 0 Å². The SMILES string of the molecule is C=CCNC(=S)N/[NH+]=C/c1ccc(O)c([N+](=O)[O-])c1. The lowest BCUT2D eigenvalue weighted by molar-refractivity contribution is -0.500. The van der Waals surface area contributed by atoms with E-state index in [4.69, 9.17) is 12.2 Å². The third-order valence-electron chi connectivity index (χ3n) is 2.03. The highest BCUT2D eigenvalue weighted by atomic mass is 32.1. The second-order valence-electron chi connectivity index (χ2n) is 3.42. The van der Waals surface area contributed by atoms with Crippen molar-refractivity contribution in [3.05, 3.63) is 46.5 Å². The quantitative estimate of drug-likeness (QED) is 0.188. The van der Waals surface area contributed by atoms with Crippen LogP contribution in [-0.2, 0) is 0 Å². The zero-order chi connectivity index (χ0) is 14.3. The molecule has 0 aromatic heterocycles. The zero-order valence-electron chi connectivity index (χ0n) is 9.92. The smallest absolute Gasteiger partial charge is 0.311 e. The molecule has 0 saturated carbocycles. The molecule has 0 amide bonds. The summed E-state index contributed by atoms with van der Waals surface area (Å²) in [4.78, 5) is 9.97. The van der Waals surface area contributed by atoms with Gasteiger partial charge in [-0.1, -0.05) is 6.08 Å². The van der Waals surface area contributed by atoms with Gasteiger partial charge in [-0.2, -0.15) is 0 Å². The van der Waals surface area contributed by atoms with Crippen LogP contribution in [-0.4, -0.2) is 27.9 Å². The van der Waals surface area contributed by atoms with E-state index in [-0.39, 0.29) is 11.4 Å². The Kier molecular flexibility index (Phi) is 5.42. The Morgan fingerprint density at radius 3 is 3.00 bits per heavy atom. The normalized spacial score (nSPS) is 10.1. The first-order valence-electron chi connectivity index (χ1n) is 5.25. The van der Waals surface area contributed by atoms with Gasteiger partial charge in [-0.3, -0.25) is 10.1 Å². The van der Waals surface area contributed by atoms with Crippen LogP contribution in [0.15, 0.2) is 30.9 Å². The number of benzene rings is 1. The van der Waals surface area contributed by atoms with Crippen LogP contribution in [0.5, 0.6) is 5.75 Å². The van der Waals surface area contributed by atoms with Crippen LogP contribution in [0.25, 0.3) is 0 Å². The predicted octanol–water partition coefficient (Wildman–Crippen LogP) is -0.635. The number of hydrazone groups is 1. The van der Waals surface area contributed by atoms with Crippen LogP contribution < -0.4 is 15.8 Å². The molecule has 1 rings (SSSR count). The van der Waals surface area contributed by atoms with Crippen LogP contribution in [0, 0.1) is 10.1 Å². The summed E-state index contributed by atoms with van der Waals surface area (Å²) >= 11 is 4.92. The first-order chi connectivity index (χ1) is 9.04. The molecule has 19 heavy (non-hydrogen) atoms. The molecule has 0 bridgehead atoms. The molecular weight excluding hydrogens is 268 g/mol. The van der Waals surface area contributed by atoms with Gasteiger partial charge in [0.1, 0.15) is 0 Å². The lowest BCUT2D eigenvalue weighted by atomic mass is 10.2. The summed E-state index contributed by atoms with van der Waals surface area (Å²) in [7, 11) is 0. The van der Waals surface area contributed by atoms with Gasteiger partial charge < -0.3 is 10.4 Å². The van der Waals surface area contributed by atoms with Crippen LogP contribution >= 0.6 is 12.2 Å². The van der Waals surface area contributed by atoms with Crippen LogP contribution in [0.2, 0.25) is 0 Å². The molecule has 0 radical (unpaired) electrons. The first-order valence-corrected chi connectivity index (χ1v) is 5.66. The maximum absolute atomic E-state index is 10.6. The maximum Gasteiger partial charge on any atom is 0.311 e. The molecule has 0 spiro atoms. The van der Waals surface area contributed by atoms with E-state index in [1.165, 1.54) is 24.4 Å². The third-order valence-corrected chi connectivity index (χ3v) is 2.27. The molecule has 0 fully saturated rings. The van der Waals surface area contributed by atoms with Gasteiger partial charge in [0.25, 0.3) is 0 Å². The molecule has 0 atom stereocenters. The number of thiocarbonyl (C=S) groups is 1. The number of phenolic OH excluding ortho intramolecular Hbond substituents is 1. The number of hydrogen-bond donors (Lipinski definition) is 4. The van der Waals surface area contributed by atoms with E-state index in [9.17, 15) is 15.2 Å². The van der Waals surface area contributed by atoms with E-state index in [1.807, 2.05) is 0 Å². The number of nitro groups is 1. The van der Waals surface area contributed by atoms with Gasteiger partial charge in [-0.25, -0.2) is 0 Å². The number of aromatic hydroxyl groups is 1. The van der Waals surface area contributed by atoms with E-state index in [0.717, 1.165) is 0 Å². The van der Waals surface area contributed by atoms with E-state index in [2.05, 4.69) is 22.4 Å². The Morgan fingerprint density at radius 2 is 2.37 bits per heavy atom. The highest BCUT2D eigenvalue weighted by Gasteiger charge is 2.13. The van der Waals surface area contributed by atoms with Gasteiger partial charge in [-0.05, 0) is 24.4 Å². The van der Waals surface area contributed by atoms with E-state index in [0.29, 0.717) is 17.2 Å². The zero-order valence-corrected chi connectivity index (χ0v) is 10.7. The Bertz CT molecular complexity index is 531. The fourth-order valence-electron chi connectivity index (χ4n) is 1.17. The molecule has 0 aliphatic rings. The fourth-order valence-corrected chi connectivity index (χ4v) is 1.31. The van der Waals surface area contributed by atoms with Crippen LogP contribution in [0.4, 0.5) is 5.69 Å². The number of nitrogens with one attached hydrogen (secondary N) is 3. The van der Waals surface area contributed by atoms with Crippen molar-refractivity contribution >= 4 is 29.2 Å². The highest BCUT2D eigenvalue weighted by molar-refractivity contribution is 7.80. The minimum Gasteiger partial charge on any atom is -0.502 e. The van der Waals surface area contributed by atoms with Crippen molar-refractivity contribution in [2.45, 2.75) is 0 Å². The van der Waals surface area contributed by atoms with E-state index >= 15 is 0 Å². The van der Waals surface area contributed by atoms with Crippen molar-refractivity contribution in [3.63, 3.8) is 0 Å². The average molecular weight is 281 g/mol. The maximum atomic E-state index is 10.6. The van der Waals surface area contributed by atoms with Crippen molar-refractivity contribution < 1.29 is 15.1 Å². The van der Waals surface area contributed by atoms with Crippen molar-refractivity contribution in [2.24, 2.45) is 0 Å². The minimum atomic E-state index is -0.656. The van der Waals surface area contributed by atoms with E-state index < -0.39 is 4.92 Å². The van der Waals surface area contributed by atoms with Crippen molar-refractivity contribution in [2.75, 3.05) is 6.54 Å². The van der Waals surface area contributed by atoms with E-state index in [1.54, 1.807) is 6.08 Å². The van der Waals surface area contributed by atoms with Crippen molar-refractivity contribution in [1.29, 1.82) is 0 Å². The average Bonchev–Trinajstić information content (AvgIpc) is 2.38. The number of nitrogens with zero attached hydrogens (tertiary/aromatic N) is 1. The summed E-state index contributed by atoms with van der Waals surface area (Å²) in [5.41, 5.74) is 2.82.